The summed E-state index contributed by atoms with van der Waals surface area (Å²) in [4.78, 5) is 2.36. The van der Waals surface area contributed by atoms with Crippen LogP contribution in [-0.2, 0) is 11.2 Å². The Morgan fingerprint density at radius 2 is 2.06 bits per heavy atom. The molecule has 102 valence electrons. The number of benzene rings is 1. The van der Waals surface area contributed by atoms with Gasteiger partial charge in [0.25, 0.3) is 0 Å². The maximum Gasteiger partial charge on any atom is 0.0641 e. The third-order valence-corrected chi connectivity index (χ3v) is 3.13. The van der Waals surface area contributed by atoms with Crippen LogP contribution in [0.4, 0.5) is 5.69 Å². The van der Waals surface area contributed by atoms with Gasteiger partial charge in [-0.25, -0.2) is 0 Å². The Morgan fingerprint density at radius 3 is 2.61 bits per heavy atom. The van der Waals surface area contributed by atoms with Gasteiger partial charge in [-0.05, 0) is 50.9 Å². The number of hydrogen-bond acceptors (Lipinski definition) is 3. The summed E-state index contributed by atoms with van der Waals surface area (Å²) in [6.07, 6.45) is 0.951. The molecule has 0 atom stereocenters. The third-order valence-electron chi connectivity index (χ3n) is 3.13. The topological polar surface area (TPSA) is 38.5 Å². The fraction of sp³-hybridized carbons (Fsp3) is 0.600. The van der Waals surface area contributed by atoms with Gasteiger partial charge < -0.3 is 15.4 Å². The first kappa shape index (κ1) is 15.0. The summed E-state index contributed by atoms with van der Waals surface area (Å²) in [5.74, 6) is 0. The van der Waals surface area contributed by atoms with E-state index in [-0.39, 0.29) is 0 Å². The SMILES string of the molecule is CCOCCN(CC)c1ccc(CCN)cc1C. The molecular weight excluding hydrogens is 224 g/mol. The van der Waals surface area contributed by atoms with Crippen molar-refractivity contribution in [1.29, 1.82) is 0 Å². The zero-order chi connectivity index (χ0) is 13.4. The van der Waals surface area contributed by atoms with E-state index in [2.05, 4.69) is 36.9 Å². The average Bonchev–Trinajstić information content (AvgIpc) is 2.36. The van der Waals surface area contributed by atoms with E-state index in [0.717, 1.165) is 32.7 Å². The van der Waals surface area contributed by atoms with Gasteiger partial charge in [0, 0.05) is 25.4 Å². The quantitative estimate of drug-likeness (QED) is 0.720. The Bertz CT molecular complexity index is 352. The normalized spacial score (nSPS) is 10.7. The van der Waals surface area contributed by atoms with Crippen LogP contribution < -0.4 is 10.6 Å². The molecule has 0 amide bonds. The lowest BCUT2D eigenvalue weighted by Gasteiger charge is -2.25. The fourth-order valence-electron chi connectivity index (χ4n) is 2.16. The minimum Gasteiger partial charge on any atom is -0.380 e. The van der Waals surface area contributed by atoms with Gasteiger partial charge in [0.1, 0.15) is 0 Å². The highest BCUT2D eigenvalue weighted by atomic mass is 16.5. The highest BCUT2D eigenvalue weighted by Crippen LogP contribution is 2.21. The average molecular weight is 250 g/mol. The van der Waals surface area contributed by atoms with Gasteiger partial charge in [-0.2, -0.15) is 0 Å². The van der Waals surface area contributed by atoms with Crippen molar-refractivity contribution in [3.05, 3.63) is 29.3 Å². The van der Waals surface area contributed by atoms with Crippen LogP contribution in [0.2, 0.25) is 0 Å². The summed E-state index contributed by atoms with van der Waals surface area (Å²) in [6.45, 7) is 10.6. The van der Waals surface area contributed by atoms with Gasteiger partial charge in [0.05, 0.1) is 6.61 Å². The zero-order valence-electron chi connectivity index (χ0n) is 11.9. The molecule has 0 spiro atoms. The molecule has 0 aliphatic heterocycles. The first-order chi connectivity index (χ1) is 8.72. The van der Waals surface area contributed by atoms with E-state index in [4.69, 9.17) is 10.5 Å². The van der Waals surface area contributed by atoms with E-state index < -0.39 is 0 Å². The predicted octanol–water partition coefficient (Wildman–Crippen LogP) is 2.36. The monoisotopic (exact) mass is 250 g/mol. The lowest BCUT2D eigenvalue weighted by molar-refractivity contribution is 0.154. The molecule has 1 aromatic rings. The molecule has 18 heavy (non-hydrogen) atoms. The van der Waals surface area contributed by atoms with Crippen molar-refractivity contribution in [2.24, 2.45) is 5.73 Å². The lowest BCUT2D eigenvalue weighted by atomic mass is 10.1. The largest absolute Gasteiger partial charge is 0.380 e. The second-order valence-corrected chi connectivity index (χ2v) is 4.44. The smallest absolute Gasteiger partial charge is 0.0641 e. The number of likely N-dealkylation sites (N-methyl/N-ethyl adjacent to an activating group) is 1. The van der Waals surface area contributed by atoms with Crippen molar-refractivity contribution in [3.63, 3.8) is 0 Å². The van der Waals surface area contributed by atoms with Crippen LogP contribution in [0.25, 0.3) is 0 Å². The molecule has 3 nitrogen and oxygen atoms in total. The maximum absolute atomic E-state index is 5.59. The Morgan fingerprint density at radius 1 is 1.28 bits per heavy atom. The van der Waals surface area contributed by atoms with Crippen LogP contribution in [0.1, 0.15) is 25.0 Å². The predicted molar refractivity (Wildman–Crippen MR) is 78.3 cm³/mol. The first-order valence-electron chi connectivity index (χ1n) is 6.85. The highest BCUT2D eigenvalue weighted by Gasteiger charge is 2.07. The van der Waals surface area contributed by atoms with E-state index in [9.17, 15) is 0 Å². The summed E-state index contributed by atoms with van der Waals surface area (Å²) >= 11 is 0. The van der Waals surface area contributed by atoms with E-state index in [1.165, 1.54) is 16.8 Å². The number of ether oxygens (including phenoxy) is 1. The van der Waals surface area contributed by atoms with Gasteiger partial charge in [0.15, 0.2) is 0 Å². The second-order valence-electron chi connectivity index (χ2n) is 4.44. The van der Waals surface area contributed by atoms with Crippen LogP contribution in [0.15, 0.2) is 18.2 Å². The van der Waals surface area contributed by atoms with E-state index in [1.807, 2.05) is 6.92 Å². The van der Waals surface area contributed by atoms with Crippen LogP contribution in [-0.4, -0.2) is 32.8 Å². The van der Waals surface area contributed by atoms with Gasteiger partial charge in [-0.3, -0.25) is 0 Å². The Kier molecular flexibility index (Phi) is 6.76. The fourth-order valence-corrected chi connectivity index (χ4v) is 2.16. The Hall–Kier alpha value is -1.06. The van der Waals surface area contributed by atoms with E-state index >= 15 is 0 Å². The van der Waals surface area contributed by atoms with Crippen molar-refractivity contribution >= 4 is 5.69 Å². The van der Waals surface area contributed by atoms with Crippen molar-refractivity contribution in [2.45, 2.75) is 27.2 Å². The lowest BCUT2D eigenvalue weighted by Crippen LogP contribution is -2.27. The minimum atomic E-state index is 0.709. The number of aryl methyl sites for hydroxylation is 1. The van der Waals surface area contributed by atoms with Gasteiger partial charge in [-0.1, -0.05) is 12.1 Å². The molecule has 0 unspecified atom stereocenters. The van der Waals surface area contributed by atoms with Crippen molar-refractivity contribution in [2.75, 3.05) is 37.7 Å². The van der Waals surface area contributed by atoms with Crippen molar-refractivity contribution < 1.29 is 4.74 Å². The molecule has 1 rings (SSSR count). The van der Waals surface area contributed by atoms with Crippen LogP contribution in [0, 0.1) is 6.92 Å². The molecule has 0 saturated carbocycles. The molecule has 0 radical (unpaired) electrons. The molecule has 3 heteroatoms. The summed E-state index contributed by atoms with van der Waals surface area (Å²) in [6, 6.07) is 6.62. The van der Waals surface area contributed by atoms with Gasteiger partial charge in [-0.15, -0.1) is 0 Å². The number of hydrogen-bond donors (Lipinski definition) is 1. The highest BCUT2D eigenvalue weighted by molar-refractivity contribution is 5.54. The third kappa shape index (κ3) is 4.31. The van der Waals surface area contributed by atoms with Crippen LogP contribution >= 0.6 is 0 Å². The summed E-state index contributed by atoms with van der Waals surface area (Å²) < 4.78 is 5.43. The van der Waals surface area contributed by atoms with Gasteiger partial charge in [0.2, 0.25) is 0 Å². The minimum absolute atomic E-state index is 0.709. The molecule has 0 saturated heterocycles. The Balaban J connectivity index is 2.73. The molecule has 0 heterocycles. The van der Waals surface area contributed by atoms with Crippen molar-refractivity contribution in [3.8, 4) is 0 Å². The first-order valence-corrected chi connectivity index (χ1v) is 6.85. The second kappa shape index (κ2) is 8.11. The van der Waals surface area contributed by atoms with Crippen LogP contribution in [0.3, 0.4) is 0 Å². The molecule has 0 aliphatic rings. The van der Waals surface area contributed by atoms with E-state index in [0.29, 0.717) is 6.54 Å². The molecule has 2 N–H and O–H groups in total. The van der Waals surface area contributed by atoms with Crippen molar-refractivity contribution in [1.82, 2.24) is 0 Å². The molecule has 0 fully saturated rings. The van der Waals surface area contributed by atoms with Crippen LogP contribution in [0.5, 0.6) is 0 Å². The molecular formula is C15H26N2O. The molecule has 0 aliphatic carbocycles. The molecule has 0 aromatic heterocycles. The molecule has 0 bridgehead atoms. The maximum atomic E-state index is 5.59. The standard InChI is InChI=1S/C15H26N2O/c1-4-17(10-11-18-5-2)15-7-6-14(8-9-16)12-13(15)3/h6-7,12H,4-5,8-11,16H2,1-3H3. The summed E-state index contributed by atoms with van der Waals surface area (Å²) in [7, 11) is 0. The summed E-state index contributed by atoms with van der Waals surface area (Å²) in [5, 5.41) is 0. The van der Waals surface area contributed by atoms with E-state index in [1.54, 1.807) is 0 Å². The van der Waals surface area contributed by atoms with Gasteiger partial charge >= 0.3 is 0 Å². The number of nitrogens with two attached hydrogens (primary N) is 1. The number of nitrogens with zero attached hydrogens (tertiary/aromatic N) is 1. The Labute approximate surface area is 111 Å². The summed E-state index contributed by atoms with van der Waals surface area (Å²) in [5.41, 5.74) is 9.53. The number of anilines is 1. The number of rotatable bonds is 8. The zero-order valence-corrected chi connectivity index (χ0v) is 11.9. The molecule has 1 aromatic carbocycles.